The van der Waals surface area contributed by atoms with Crippen LogP contribution in [0, 0.1) is 11.3 Å². The van der Waals surface area contributed by atoms with Gasteiger partial charge in [-0.3, -0.25) is 0 Å². The minimum atomic E-state index is -0.411. The molecule has 0 bridgehead atoms. The van der Waals surface area contributed by atoms with Gasteiger partial charge < -0.3 is 10.1 Å². The van der Waals surface area contributed by atoms with Crippen LogP contribution >= 0.6 is 11.6 Å². The Morgan fingerprint density at radius 1 is 1.14 bits per heavy atom. The molecule has 0 fully saturated rings. The molecule has 0 aliphatic rings. The summed E-state index contributed by atoms with van der Waals surface area (Å²) in [7, 11) is 0. The van der Waals surface area contributed by atoms with Gasteiger partial charge in [-0.05, 0) is 48.4 Å². The molecule has 0 aliphatic carbocycles. The molecule has 4 heteroatoms. The fraction of sp³-hybridized carbons (Fsp3) is 0.235. The van der Waals surface area contributed by atoms with E-state index in [4.69, 9.17) is 16.3 Å². The number of benzene rings is 2. The Bertz CT molecular complexity index is 602. The zero-order valence-corrected chi connectivity index (χ0v) is 12.6. The Balaban J connectivity index is 2.07. The third-order valence-corrected chi connectivity index (χ3v) is 3.22. The van der Waals surface area contributed by atoms with Gasteiger partial charge in [-0.2, -0.15) is 5.26 Å². The van der Waals surface area contributed by atoms with Gasteiger partial charge in [0.2, 0.25) is 0 Å². The van der Waals surface area contributed by atoms with Crippen LogP contribution in [0.2, 0.25) is 5.02 Å². The van der Waals surface area contributed by atoms with E-state index in [1.54, 1.807) is 12.1 Å². The fourth-order valence-electron chi connectivity index (χ4n) is 1.88. The quantitative estimate of drug-likeness (QED) is 0.833. The molecule has 0 amide bonds. The van der Waals surface area contributed by atoms with Crippen LogP contribution in [0.3, 0.4) is 0 Å². The van der Waals surface area contributed by atoms with Gasteiger partial charge in [0.05, 0.1) is 12.7 Å². The second-order valence-electron chi connectivity index (χ2n) is 4.63. The number of nitrogens with zero attached hydrogens (tertiary/aromatic N) is 1. The van der Waals surface area contributed by atoms with E-state index in [0.717, 1.165) is 23.4 Å². The van der Waals surface area contributed by atoms with Crippen LogP contribution in [0.5, 0.6) is 5.75 Å². The topological polar surface area (TPSA) is 45.0 Å². The molecule has 0 saturated carbocycles. The van der Waals surface area contributed by atoms with Gasteiger partial charge in [0.25, 0.3) is 0 Å². The first kappa shape index (κ1) is 15.2. The summed E-state index contributed by atoms with van der Waals surface area (Å²) in [4.78, 5) is 0. The van der Waals surface area contributed by atoms with E-state index >= 15 is 0 Å². The van der Waals surface area contributed by atoms with Gasteiger partial charge >= 0.3 is 0 Å². The molecule has 0 radical (unpaired) electrons. The summed E-state index contributed by atoms with van der Waals surface area (Å²) in [6, 6.07) is 16.7. The lowest BCUT2D eigenvalue weighted by atomic mass is 10.1. The summed E-state index contributed by atoms with van der Waals surface area (Å²) in [5.41, 5.74) is 1.76. The number of ether oxygens (including phenoxy) is 1. The normalized spacial score (nSPS) is 11.5. The maximum Gasteiger partial charge on any atom is 0.140 e. The van der Waals surface area contributed by atoms with Crippen molar-refractivity contribution in [3.8, 4) is 11.8 Å². The van der Waals surface area contributed by atoms with Crippen molar-refractivity contribution in [2.45, 2.75) is 19.4 Å². The van der Waals surface area contributed by atoms with E-state index in [2.05, 4.69) is 18.3 Å². The average molecular weight is 301 g/mol. The number of halogens is 1. The van der Waals surface area contributed by atoms with Crippen molar-refractivity contribution in [3.05, 3.63) is 59.1 Å². The second-order valence-corrected chi connectivity index (χ2v) is 5.07. The third kappa shape index (κ3) is 4.40. The molecule has 0 heterocycles. The minimum absolute atomic E-state index is 0.411. The van der Waals surface area contributed by atoms with Crippen molar-refractivity contribution in [3.63, 3.8) is 0 Å². The van der Waals surface area contributed by atoms with E-state index in [9.17, 15) is 5.26 Å². The van der Waals surface area contributed by atoms with Gasteiger partial charge in [0.1, 0.15) is 11.8 Å². The first-order valence-electron chi connectivity index (χ1n) is 6.87. The molecule has 0 saturated heterocycles. The minimum Gasteiger partial charge on any atom is -0.494 e. The summed E-state index contributed by atoms with van der Waals surface area (Å²) in [6.45, 7) is 2.76. The largest absolute Gasteiger partial charge is 0.494 e. The van der Waals surface area contributed by atoms with Crippen molar-refractivity contribution in [1.82, 2.24) is 0 Å². The summed E-state index contributed by atoms with van der Waals surface area (Å²) in [5, 5.41) is 13.2. The molecule has 108 valence electrons. The maximum atomic E-state index is 9.34. The molecule has 1 N–H and O–H groups in total. The molecular weight excluding hydrogens is 284 g/mol. The first-order valence-corrected chi connectivity index (χ1v) is 7.25. The zero-order chi connectivity index (χ0) is 15.1. The lowest BCUT2D eigenvalue weighted by molar-refractivity contribution is 0.317. The third-order valence-electron chi connectivity index (χ3n) is 2.97. The fourth-order valence-corrected chi connectivity index (χ4v) is 2.01. The van der Waals surface area contributed by atoms with Gasteiger partial charge in [-0.1, -0.05) is 30.7 Å². The lowest BCUT2D eigenvalue weighted by Crippen LogP contribution is -2.08. The number of anilines is 1. The van der Waals surface area contributed by atoms with Gasteiger partial charge in [-0.25, -0.2) is 0 Å². The van der Waals surface area contributed by atoms with Gasteiger partial charge in [-0.15, -0.1) is 0 Å². The highest BCUT2D eigenvalue weighted by Crippen LogP contribution is 2.22. The van der Waals surface area contributed by atoms with Crippen LogP contribution in [-0.4, -0.2) is 6.61 Å². The van der Waals surface area contributed by atoms with Crippen LogP contribution in [0.1, 0.15) is 24.9 Å². The van der Waals surface area contributed by atoms with Crippen molar-refractivity contribution >= 4 is 17.3 Å². The molecular formula is C17H17ClN2O. The molecule has 1 atom stereocenters. The molecule has 2 aromatic carbocycles. The van der Waals surface area contributed by atoms with Crippen LogP contribution < -0.4 is 10.1 Å². The Hall–Kier alpha value is -2.18. The van der Waals surface area contributed by atoms with Crippen molar-refractivity contribution in [2.75, 3.05) is 11.9 Å². The number of nitriles is 1. The Kier molecular flexibility index (Phi) is 5.48. The smallest absolute Gasteiger partial charge is 0.140 e. The van der Waals surface area contributed by atoms with Gasteiger partial charge in [0, 0.05) is 10.7 Å². The van der Waals surface area contributed by atoms with E-state index in [0.29, 0.717) is 11.6 Å². The van der Waals surface area contributed by atoms with Crippen LogP contribution in [-0.2, 0) is 0 Å². The van der Waals surface area contributed by atoms with Crippen LogP contribution in [0.4, 0.5) is 5.69 Å². The van der Waals surface area contributed by atoms with Gasteiger partial charge in [0.15, 0.2) is 0 Å². The number of hydrogen-bond donors (Lipinski definition) is 1. The zero-order valence-electron chi connectivity index (χ0n) is 11.8. The monoisotopic (exact) mass is 300 g/mol. The average Bonchev–Trinajstić information content (AvgIpc) is 2.53. The van der Waals surface area contributed by atoms with Crippen LogP contribution in [0.15, 0.2) is 48.5 Å². The molecule has 2 aromatic rings. The highest BCUT2D eigenvalue weighted by atomic mass is 35.5. The number of rotatable bonds is 6. The van der Waals surface area contributed by atoms with Crippen molar-refractivity contribution in [1.29, 1.82) is 5.26 Å². The van der Waals surface area contributed by atoms with E-state index in [1.807, 2.05) is 36.4 Å². The first-order chi connectivity index (χ1) is 10.2. The van der Waals surface area contributed by atoms with Crippen molar-refractivity contribution in [2.24, 2.45) is 0 Å². The predicted octanol–water partition coefficient (Wildman–Crippen LogP) is 4.81. The van der Waals surface area contributed by atoms with E-state index < -0.39 is 6.04 Å². The Morgan fingerprint density at radius 2 is 1.81 bits per heavy atom. The summed E-state index contributed by atoms with van der Waals surface area (Å²) >= 11 is 5.85. The SMILES string of the molecule is CCCOc1ccc(C(C#N)Nc2ccc(Cl)cc2)cc1. The maximum absolute atomic E-state index is 9.34. The van der Waals surface area contributed by atoms with E-state index in [-0.39, 0.29) is 0 Å². The highest BCUT2D eigenvalue weighted by Gasteiger charge is 2.10. The van der Waals surface area contributed by atoms with E-state index in [1.165, 1.54) is 0 Å². The standard InChI is InChI=1S/C17H17ClN2O/c1-2-11-21-16-9-3-13(4-10-16)17(12-19)20-15-7-5-14(18)6-8-15/h3-10,17,20H,2,11H2,1H3. The molecule has 0 aliphatic heterocycles. The summed E-state index contributed by atoms with van der Waals surface area (Å²) in [6.07, 6.45) is 0.973. The number of hydrogen-bond acceptors (Lipinski definition) is 3. The predicted molar refractivity (Wildman–Crippen MR) is 85.7 cm³/mol. The highest BCUT2D eigenvalue weighted by molar-refractivity contribution is 6.30. The molecule has 1 unspecified atom stereocenters. The number of nitrogens with one attached hydrogen (secondary N) is 1. The molecule has 21 heavy (non-hydrogen) atoms. The molecule has 0 spiro atoms. The Morgan fingerprint density at radius 3 is 2.38 bits per heavy atom. The lowest BCUT2D eigenvalue weighted by Gasteiger charge is -2.14. The molecule has 2 rings (SSSR count). The second kappa shape index (κ2) is 7.56. The van der Waals surface area contributed by atoms with Crippen molar-refractivity contribution < 1.29 is 4.74 Å². The summed E-state index contributed by atoms with van der Waals surface area (Å²) in [5.74, 6) is 0.823. The molecule has 3 nitrogen and oxygen atoms in total. The molecule has 0 aromatic heterocycles. The van der Waals surface area contributed by atoms with Crippen LogP contribution in [0.25, 0.3) is 0 Å². The summed E-state index contributed by atoms with van der Waals surface area (Å²) < 4.78 is 5.54. The Labute approximate surface area is 130 Å².